The second-order valence-electron chi connectivity index (χ2n) is 8.26. The van der Waals surface area contributed by atoms with E-state index in [-0.39, 0.29) is 34.4 Å². The number of aryl methyl sites for hydroxylation is 2. The van der Waals surface area contributed by atoms with Crippen molar-refractivity contribution in [3.63, 3.8) is 0 Å². The summed E-state index contributed by atoms with van der Waals surface area (Å²) in [7, 11) is 1.88. The number of hydrogen-bond acceptors (Lipinski definition) is 6. The Kier molecular flexibility index (Phi) is 4.15. The number of carbonyl (C=O) groups is 1. The SMILES string of the molecule is Cc1nn(C)c2c(NC34CC(NC(=O)COc5ccc(Cl)c(F)c5)(C3)C4)ncnc12. The summed E-state index contributed by atoms with van der Waals surface area (Å²) in [6.07, 6.45) is 3.97. The number of hydrogen-bond donors (Lipinski definition) is 2. The highest BCUT2D eigenvalue weighted by molar-refractivity contribution is 6.30. The molecule has 3 aliphatic carbocycles. The van der Waals surface area contributed by atoms with Gasteiger partial charge in [0, 0.05) is 24.2 Å². The number of amides is 1. The summed E-state index contributed by atoms with van der Waals surface area (Å²) >= 11 is 5.65. The van der Waals surface area contributed by atoms with Crippen LogP contribution in [0.5, 0.6) is 5.75 Å². The van der Waals surface area contributed by atoms with Crippen LogP contribution < -0.4 is 15.4 Å². The molecule has 30 heavy (non-hydrogen) atoms. The van der Waals surface area contributed by atoms with Crippen molar-refractivity contribution in [2.24, 2.45) is 7.05 Å². The molecule has 8 nitrogen and oxygen atoms in total. The number of ether oxygens (including phenoxy) is 1. The van der Waals surface area contributed by atoms with E-state index >= 15 is 0 Å². The van der Waals surface area contributed by atoms with Crippen molar-refractivity contribution in [3.8, 4) is 5.75 Å². The van der Waals surface area contributed by atoms with Crippen molar-refractivity contribution >= 4 is 34.4 Å². The maximum absolute atomic E-state index is 13.5. The summed E-state index contributed by atoms with van der Waals surface area (Å²) in [6.45, 7) is 1.75. The normalized spacial score (nSPS) is 24.1. The van der Waals surface area contributed by atoms with Gasteiger partial charge in [-0.1, -0.05) is 11.6 Å². The smallest absolute Gasteiger partial charge is 0.258 e. The van der Waals surface area contributed by atoms with Gasteiger partial charge in [0.1, 0.15) is 28.9 Å². The molecule has 1 aromatic carbocycles. The maximum atomic E-state index is 13.5. The van der Waals surface area contributed by atoms with Crippen molar-refractivity contribution in [1.82, 2.24) is 25.1 Å². The van der Waals surface area contributed by atoms with Crippen LogP contribution in [-0.4, -0.2) is 43.3 Å². The molecule has 0 unspecified atom stereocenters. The Balaban J connectivity index is 1.18. The van der Waals surface area contributed by atoms with Crippen molar-refractivity contribution in [1.29, 1.82) is 0 Å². The number of nitrogens with one attached hydrogen (secondary N) is 2. The van der Waals surface area contributed by atoms with Gasteiger partial charge in [0.05, 0.1) is 10.7 Å². The Bertz CT molecular complexity index is 1160. The second-order valence-corrected chi connectivity index (χ2v) is 8.66. The first kappa shape index (κ1) is 19.0. The summed E-state index contributed by atoms with van der Waals surface area (Å²) in [4.78, 5) is 21.0. The highest BCUT2D eigenvalue weighted by atomic mass is 35.5. The van der Waals surface area contributed by atoms with Gasteiger partial charge in [-0.25, -0.2) is 14.4 Å². The first-order valence-electron chi connectivity index (χ1n) is 9.60. The summed E-state index contributed by atoms with van der Waals surface area (Å²) in [5.41, 5.74) is 2.28. The molecule has 3 aliphatic rings. The van der Waals surface area contributed by atoms with E-state index in [0.29, 0.717) is 0 Å². The lowest BCUT2D eigenvalue weighted by molar-refractivity contribution is -0.135. The van der Waals surface area contributed by atoms with Crippen LogP contribution in [0.15, 0.2) is 24.5 Å². The van der Waals surface area contributed by atoms with E-state index in [1.54, 1.807) is 11.0 Å². The maximum Gasteiger partial charge on any atom is 0.258 e. The summed E-state index contributed by atoms with van der Waals surface area (Å²) in [5.74, 6) is 0.215. The van der Waals surface area contributed by atoms with Crippen LogP contribution in [0.2, 0.25) is 5.02 Å². The molecule has 10 heteroatoms. The van der Waals surface area contributed by atoms with Crippen LogP contribution in [0.25, 0.3) is 11.0 Å². The van der Waals surface area contributed by atoms with Gasteiger partial charge in [-0.05, 0) is 38.3 Å². The predicted molar refractivity (Wildman–Crippen MR) is 109 cm³/mol. The van der Waals surface area contributed by atoms with E-state index < -0.39 is 5.82 Å². The topological polar surface area (TPSA) is 94.0 Å². The van der Waals surface area contributed by atoms with Crippen LogP contribution in [0.3, 0.4) is 0 Å². The monoisotopic (exact) mass is 430 g/mol. The molecule has 3 saturated carbocycles. The molecule has 0 saturated heterocycles. The van der Waals surface area contributed by atoms with Gasteiger partial charge >= 0.3 is 0 Å². The molecule has 3 fully saturated rings. The number of fused-ring (bicyclic) bond motifs is 1. The lowest BCUT2D eigenvalue weighted by Crippen LogP contribution is -2.81. The number of aromatic nitrogens is 4. The Labute approximate surface area is 176 Å². The Morgan fingerprint density at radius 3 is 2.80 bits per heavy atom. The van der Waals surface area contributed by atoms with Crippen LogP contribution in [0, 0.1) is 12.7 Å². The average molecular weight is 431 g/mol. The molecule has 0 aliphatic heterocycles. The fourth-order valence-corrected chi connectivity index (χ4v) is 4.83. The highest BCUT2D eigenvalue weighted by Crippen LogP contribution is 2.61. The third kappa shape index (κ3) is 3.04. The Hall–Kier alpha value is -2.94. The zero-order valence-corrected chi connectivity index (χ0v) is 17.3. The van der Waals surface area contributed by atoms with E-state index in [9.17, 15) is 9.18 Å². The number of rotatable bonds is 6. The van der Waals surface area contributed by atoms with Crippen molar-refractivity contribution < 1.29 is 13.9 Å². The fourth-order valence-electron chi connectivity index (χ4n) is 4.72. The first-order chi connectivity index (χ1) is 14.3. The van der Waals surface area contributed by atoms with Gasteiger partial charge in [0.25, 0.3) is 5.91 Å². The molecule has 2 N–H and O–H groups in total. The standard InChI is InChI=1S/C20H20ClFN6O2/c1-11-16-17(28(2)27-11)18(24-10-23-16)26-20-7-19(8-20,9-20)25-15(29)6-30-12-3-4-13(21)14(22)5-12/h3-5,10H,6-9H2,1-2H3,(H,25,29)(H,23,24,26). The molecule has 2 aromatic heterocycles. The van der Waals surface area contributed by atoms with Crippen molar-refractivity contribution in [2.75, 3.05) is 11.9 Å². The van der Waals surface area contributed by atoms with Gasteiger partial charge < -0.3 is 15.4 Å². The molecular formula is C20H20ClFN6O2. The molecule has 3 aromatic rings. The van der Waals surface area contributed by atoms with Gasteiger partial charge in [-0.3, -0.25) is 9.48 Å². The number of halogens is 2. The number of nitrogens with zero attached hydrogens (tertiary/aromatic N) is 4. The molecule has 0 atom stereocenters. The van der Waals surface area contributed by atoms with Gasteiger partial charge in [0.2, 0.25) is 0 Å². The first-order valence-corrected chi connectivity index (χ1v) is 9.97. The van der Waals surface area contributed by atoms with E-state index in [2.05, 4.69) is 25.7 Å². The quantitative estimate of drug-likeness (QED) is 0.624. The lowest BCUT2D eigenvalue weighted by atomic mass is 9.44. The molecular weight excluding hydrogens is 411 g/mol. The van der Waals surface area contributed by atoms with Crippen LogP contribution in [-0.2, 0) is 11.8 Å². The van der Waals surface area contributed by atoms with Gasteiger partial charge in [-0.2, -0.15) is 5.10 Å². The minimum absolute atomic E-state index is 0.0145. The van der Waals surface area contributed by atoms with Crippen LogP contribution >= 0.6 is 11.6 Å². The summed E-state index contributed by atoms with van der Waals surface area (Å²) in [6, 6.07) is 4.09. The lowest BCUT2D eigenvalue weighted by Gasteiger charge is -2.70. The highest BCUT2D eigenvalue weighted by Gasteiger charge is 2.69. The molecule has 6 rings (SSSR count). The van der Waals surface area contributed by atoms with Gasteiger partial charge in [-0.15, -0.1) is 0 Å². The van der Waals surface area contributed by atoms with Crippen molar-refractivity contribution in [3.05, 3.63) is 41.1 Å². The Morgan fingerprint density at radius 2 is 2.07 bits per heavy atom. The summed E-state index contributed by atoms with van der Waals surface area (Å²) in [5, 5.41) is 11.0. The second kappa shape index (κ2) is 6.53. The zero-order chi connectivity index (χ0) is 21.1. The van der Waals surface area contributed by atoms with Crippen LogP contribution in [0.1, 0.15) is 25.0 Å². The van der Waals surface area contributed by atoms with Crippen molar-refractivity contribution in [2.45, 2.75) is 37.3 Å². The zero-order valence-electron chi connectivity index (χ0n) is 16.5. The number of benzene rings is 1. The van der Waals surface area contributed by atoms with Gasteiger partial charge in [0.15, 0.2) is 12.4 Å². The third-order valence-electron chi connectivity index (χ3n) is 5.87. The number of carbonyl (C=O) groups excluding carboxylic acids is 1. The molecule has 2 heterocycles. The summed E-state index contributed by atoms with van der Waals surface area (Å²) < 4.78 is 20.6. The van der Waals surface area contributed by atoms with Crippen LogP contribution in [0.4, 0.5) is 10.2 Å². The fraction of sp³-hybridized carbons (Fsp3) is 0.400. The molecule has 1 amide bonds. The van der Waals surface area contributed by atoms with E-state index in [4.69, 9.17) is 16.3 Å². The van der Waals surface area contributed by atoms with E-state index in [0.717, 1.165) is 47.9 Å². The minimum Gasteiger partial charge on any atom is -0.484 e. The predicted octanol–water partition coefficient (Wildman–Crippen LogP) is 2.75. The molecule has 0 radical (unpaired) electrons. The molecule has 2 bridgehead atoms. The third-order valence-corrected chi connectivity index (χ3v) is 6.17. The molecule has 156 valence electrons. The minimum atomic E-state index is -0.579. The molecule has 0 spiro atoms. The average Bonchev–Trinajstić information content (AvgIpc) is 2.95. The number of anilines is 1. The van der Waals surface area contributed by atoms with E-state index in [1.807, 2.05) is 14.0 Å². The largest absolute Gasteiger partial charge is 0.484 e. The Morgan fingerprint density at radius 1 is 1.30 bits per heavy atom. The van der Waals surface area contributed by atoms with E-state index in [1.165, 1.54) is 12.1 Å².